The quantitative estimate of drug-likeness (QED) is 0.195. The average molecular weight is 829 g/mol. The molecule has 0 bridgehead atoms. The van der Waals surface area contributed by atoms with Gasteiger partial charge in [0.05, 0.1) is 29.0 Å². The van der Waals surface area contributed by atoms with Crippen LogP contribution in [0.1, 0.15) is 162 Å². The van der Waals surface area contributed by atoms with Crippen molar-refractivity contribution in [3.63, 3.8) is 0 Å². The van der Waals surface area contributed by atoms with Gasteiger partial charge in [-0.15, -0.1) is 0 Å². The second kappa shape index (κ2) is 14.7. The average Bonchev–Trinajstić information content (AvgIpc) is 3.87. The Labute approximate surface area is 362 Å². The predicted octanol–water partition coefficient (Wildman–Crippen LogP) is 10.0. The van der Waals surface area contributed by atoms with Gasteiger partial charge in [0.15, 0.2) is 0 Å². The molecule has 0 aromatic carbocycles. The number of nitrogens with zero attached hydrogens (tertiary/aromatic N) is 4. The summed E-state index contributed by atoms with van der Waals surface area (Å²) in [6.07, 6.45) is 12.9. The van der Waals surface area contributed by atoms with Crippen LogP contribution in [0.5, 0.6) is 0 Å². The van der Waals surface area contributed by atoms with E-state index in [1.807, 2.05) is 13.8 Å². The summed E-state index contributed by atoms with van der Waals surface area (Å²) in [6.45, 7) is 30.3. The number of ether oxygens (including phenoxy) is 1. The van der Waals surface area contributed by atoms with Crippen molar-refractivity contribution in [1.29, 1.82) is 0 Å². The molecule has 2 heterocycles. The molecule has 9 nitrogen and oxygen atoms in total. The van der Waals surface area contributed by atoms with Gasteiger partial charge in [-0.05, 0) is 170 Å². The summed E-state index contributed by atoms with van der Waals surface area (Å²) >= 11 is 0. The van der Waals surface area contributed by atoms with Crippen molar-refractivity contribution in [3.05, 3.63) is 29.4 Å². The Kier molecular flexibility index (Phi) is 10.8. The van der Waals surface area contributed by atoms with Crippen LogP contribution in [0.2, 0.25) is 0 Å². The number of hydrogen-bond donors (Lipinski definition) is 1. The van der Waals surface area contributed by atoms with Crippen LogP contribution in [0.3, 0.4) is 0 Å². The number of likely N-dealkylation sites (tertiary alicyclic amines) is 1. The first-order chi connectivity index (χ1) is 28.0. The van der Waals surface area contributed by atoms with Gasteiger partial charge < -0.3 is 24.2 Å². The zero-order chi connectivity index (χ0) is 43.7. The zero-order valence-corrected chi connectivity index (χ0v) is 39.6. The van der Waals surface area contributed by atoms with E-state index in [1.165, 1.54) is 30.5 Å². The number of likely N-dealkylation sites (N-methyl/N-ethyl adjacent to an activating group) is 1. The molecule has 334 valence electrons. The van der Waals surface area contributed by atoms with Crippen LogP contribution < -0.4 is 0 Å². The molecule has 6 saturated carbocycles. The number of rotatable bonds is 9. The van der Waals surface area contributed by atoms with Gasteiger partial charge in [-0.3, -0.25) is 14.4 Å². The normalized spacial score (nSPS) is 42.7. The SMILES string of the molecule is C=C(C)[C@@H]1CC[C@]2(C(=O)N3CCC[C@H]3c3nc(C)c(C)n3CCN(C)C)CC[C@]3(C)[C@H](CC[C@@H]4[C@@]5(C)CC[C@H](OC(=O)[C@H]6C[C@@H](C(=O)O)C6(C)C)C(C)(C)[C@@H]5CC[C@]43C)[C@@H]12. The fourth-order valence-electron chi connectivity index (χ4n) is 16.7. The van der Waals surface area contributed by atoms with Crippen molar-refractivity contribution >= 4 is 17.8 Å². The van der Waals surface area contributed by atoms with E-state index >= 15 is 4.79 Å². The predicted molar refractivity (Wildman–Crippen MR) is 236 cm³/mol. The van der Waals surface area contributed by atoms with E-state index in [9.17, 15) is 14.7 Å². The maximum Gasteiger partial charge on any atom is 0.309 e. The summed E-state index contributed by atoms with van der Waals surface area (Å²) in [6, 6.07) is 0.0300. The number of carboxylic acids is 1. The van der Waals surface area contributed by atoms with Crippen molar-refractivity contribution in [2.75, 3.05) is 27.2 Å². The standard InChI is InChI=1S/C51H80N4O5/c1-30(2)33-18-23-51(45(59)55-26-14-15-37(55)42-52-31(3)32(4)54(42)28-27-53(12)13)25-24-49(10)34(41(33)51)16-17-39-48(9)21-20-40(47(7,8)38(48)19-22-50(39,49)11)60-44(58)36-29-35(43(56)57)46(36,5)6/h33-41H,1,14-29H2,2-13H3,(H,56,57)/t33-,34+,35-,36+,37-,38-,39+,40-,41+,48-,49+,50+,51-/m0/s1. The van der Waals surface area contributed by atoms with Gasteiger partial charge in [-0.1, -0.05) is 60.6 Å². The third-order valence-electron chi connectivity index (χ3n) is 20.6. The monoisotopic (exact) mass is 829 g/mol. The first-order valence-corrected chi connectivity index (χ1v) is 24.1. The molecule has 0 spiro atoms. The summed E-state index contributed by atoms with van der Waals surface area (Å²) in [5.74, 6) is 1.77. The lowest BCUT2D eigenvalue weighted by molar-refractivity contribution is -0.251. The lowest BCUT2D eigenvalue weighted by Crippen LogP contribution is -2.67. The highest BCUT2D eigenvalue weighted by atomic mass is 16.5. The van der Waals surface area contributed by atoms with Crippen molar-refractivity contribution < 1.29 is 24.2 Å². The fourth-order valence-corrected chi connectivity index (χ4v) is 16.7. The summed E-state index contributed by atoms with van der Waals surface area (Å²) < 4.78 is 8.89. The van der Waals surface area contributed by atoms with Crippen LogP contribution in [-0.2, 0) is 25.7 Å². The Balaban J connectivity index is 1.06. The van der Waals surface area contributed by atoms with Gasteiger partial charge in [-0.25, -0.2) is 4.98 Å². The highest BCUT2D eigenvalue weighted by Gasteiger charge is 2.72. The zero-order valence-electron chi connectivity index (χ0n) is 39.6. The molecule has 1 aliphatic heterocycles. The number of allylic oxidation sites excluding steroid dienone is 1. The minimum absolute atomic E-state index is 0.0300. The molecule has 1 saturated heterocycles. The first-order valence-electron chi connectivity index (χ1n) is 24.1. The van der Waals surface area contributed by atoms with Gasteiger partial charge in [0.25, 0.3) is 0 Å². The molecule has 9 heteroatoms. The molecule has 60 heavy (non-hydrogen) atoms. The van der Waals surface area contributed by atoms with Gasteiger partial charge in [0.2, 0.25) is 5.91 Å². The largest absolute Gasteiger partial charge is 0.481 e. The van der Waals surface area contributed by atoms with E-state index in [0.717, 1.165) is 88.9 Å². The van der Waals surface area contributed by atoms with Crippen molar-refractivity contribution in [2.24, 2.45) is 73.9 Å². The number of hydrogen-bond acceptors (Lipinski definition) is 6. The maximum absolute atomic E-state index is 15.7. The summed E-state index contributed by atoms with van der Waals surface area (Å²) in [7, 11) is 4.25. The molecule has 6 aliphatic carbocycles. The Bertz CT molecular complexity index is 1910. The molecule has 1 N–H and O–H groups in total. The molecular formula is C51H80N4O5. The number of esters is 1. The van der Waals surface area contributed by atoms with Crippen LogP contribution in [0.25, 0.3) is 0 Å². The maximum atomic E-state index is 15.7. The van der Waals surface area contributed by atoms with E-state index < -0.39 is 17.3 Å². The van der Waals surface area contributed by atoms with Gasteiger partial charge in [0.1, 0.15) is 11.9 Å². The highest BCUT2D eigenvalue weighted by molar-refractivity contribution is 5.85. The number of aromatic nitrogens is 2. The molecule has 0 unspecified atom stereocenters. The minimum atomic E-state index is -0.814. The van der Waals surface area contributed by atoms with Gasteiger partial charge in [0, 0.05) is 30.7 Å². The Hall–Kier alpha value is -2.68. The topological polar surface area (TPSA) is 105 Å². The second-order valence-corrected chi connectivity index (χ2v) is 23.9. The second-order valence-electron chi connectivity index (χ2n) is 23.9. The van der Waals surface area contributed by atoms with E-state index in [2.05, 4.69) is 90.4 Å². The van der Waals surface area contributed by atoms with Crippen LogP contribution in [0, 0.1) is 87.8 Å². The van der Waals surface area contributed by atoms with Gasteiger partial charge >= 0.3 is 11.9 Å². The summed E-state index contributed by atoms with van der Waals surface area (Å²) in [5.41, 5.74) is 2.82. The first kappa shape index (κ1) is 43.9. The van der Waals surface area contributed by atoms with Crippen LogP contribution in [0.4, 0.5) is 0 Å². The number of fused-ring (bicyclic) bond motifs is 7. The molecule has 1 aromatic heterocycles. The van der Waals surface area contributed by atoms with E-state index in [4.69, 9.17) is 9.72 Å². The molecule has 0 radical (unpaired) electrons. The lowest BCUT2D eigenvalue weighted by Gasteiger charge is -2.73. The molecule has 13 atom stereocenters. The number of amides is 1. The highest BCUT2D eigenvalue weighted by Crippen LogP contribution is 2.78. The number of carboxylic acid groups (broad SMARTS) is 1. The van der Waals surface area contributed by atoms with Crippen molar-refractivity contribution in [1.82, 2.24) is 19.4 Å². The van der Waals surface area contributed by atoms with Crippen molar-refractivity contribution in [2.45, 2.75) is 171 Å². The smallest absolute Gasteiger partial charge is 0.309 e. The van der Waals surface area contributed by atoms with Crippen molar-refractivity contribution in [3.8, 4) is 0 Å². The number of carbonyl (C=O) groups excluding carboxylic acids is 2. The third kappa shape index (κ3) is 6.12. The number of carbonyl (C=O) groups is 3. The van der Waals surface area contributed by atoms with Crippen LogP contribution in [0.15, 0.2) is 12.2 Å². The third-order valence-corrected chi connectivity index (χ3v) is 20.6. The van der Waals surface area contributed by atoms with Gasteiger partial charge in [-0.2, -0.15) is 0 Å². The molecule has 1 amide bonds. The van der Waals surface area contributed by atoms with Crippen LogP contribution in [-0.4, -0.2) is 75.6 Å². The Morgan fingerprint density at radius 1 is 0.850 bits per heavy atom. The van der Waals surface area contributed by atoms with E-state index in [-0.39, 0.29) is 51.1 Å². The van der Waals surface area contributed by atoms with Crippen LogP contribution >= 0.6 is 0 Å². The molecule has 7 fully saturated rings. The number of aliphatic carboxylic acids is 1. The summed E-state index contributed by atoms with van der Waals surface area (Å²) in [4.78, 5) is 51.0. The van der Waals surface area contributed by atoms with E-state index in [0.29, 0.717) is 41.9 Å². The lowest BCUT2D eigenvalue weighted by atomic mass is 9.32. The molecule has 1 aromatic rings. The Morgan fingerprint density at radius 2 is 1.57 bits per heavy atom. The van der Waals surface area contributed by atoms with E-state index in [1.54, 1.807) is 0 Å². The summed E-state index contributed by atoms with van der Waals surface area (Å²) in [5, 5.41) is 9.72. The Morgan fingerprint density at radius 3 is 2.22 bits per heavy atom. The molecular weight excluding hydrogens is 749 g/mol. The fraction of sp³-hybridized carbons (Fsp3) is 0.843. The molecule has 7 aliphatic rings. The minimum Gasteiger partial charge on any atom is -0.481 e. The number of aryl methyl sites for hydroxylation is 1. The molecule has 8 rings (SSSR count). The number of imidazole rings is 1.